The molecular formula is C8H19N2O4PS2. The molecule has 102 valence electrons. The molecule has 0 rings (SSSR count). The van der Waals surface area contributed by atoms with E-state index < -0.39 is 12.8 Å². The van der Waals surface area contributed by atoms with Gasteiger partial charge in [-0.15, -0.1) is 0 Å². The highest BCUT2D eigenvalue weighted by molar-refractivity contribution is 8.56. The zero-order valence-corrected chi connectivity index (χ0v) is 13.0. The zero-order chi connectivity index (χ0) is 13.3. The summed E-state index contributed by atoms with van der Waals surface area (Å²) in [5.41, 5.74) is 0. The zero-order valence-electron chi connectivity index (χ0n) is 10.5. The third-order valence-electron chi connectivity index (χ3n) is 1.84. The summed E-state index contributed by atoms with van der Waals surface area (Å²) in [7, 11) is 2.67. The predicted octanol–water partition coefficient (Wildman–Crippen LogP) is 3.13. The molecule has 1 atom stereocenters. The number of nitrogens with zero attached hydrogens (tertiary/aromatic N) is 1. The van der Waals surface area contributed by atoms with Crippen LogP contribution in [0.5, 0.6) is 0 Å². The summed E-state index contributed by atoms with van der Waals surface area (Å²) in [5.74, 6) is 0. The van der Waals surface area contributed by atoms with Crippen molar-refractivity contribution in [2.45, 2.75) is 19.8 Å². The molecule has 1 unspecified atom stereocenters. The van der Waals surface area contributed by atoms with E-state index in [0.717, 1.165) is 36.4 Å². The number of unbranched alkanes of at least 4 members (excludes halogenated alkanes) is 1. The van der Waals surface area contributed by atoms with Gasteiger partial charge in [0.2, 0.25) is 0 Å². The minimum Gasteiger partial charge on any atom is -0.452 e. The van der Waals surface area contributed by atoms with Crippen molar-refractivity contribution in [1.82, 2.24) is 8.80 Å². The van der Waals surface area contributed by atoms with Crippen molar-refractivity contribution in [3.8, 4) is 0 Å². The van der Waals surface area contributed by atoms with E-state index >= 15 is 0 Å². The van der Waals surface area contributed by atoms with Gasteiger partial charge in [-0.05, 0) is 12.7 Å². The Hall–Kier alpha value is 0.120. The van der Waals surface area contributed by atoms with Crippen molar-refractivity contribution in [1.29, 1.82) is 0 Å². The number of hydrogen-bond donors (Lipinski definition) is 1. The Morgan fingerprint density at radius 3 is 2.53 bits per heavy atom. The van der Waals surface area contributed by atoms with Crippen LogP contribution in [-0.2, 0) is 13.8 Å². The average Bonchev–Trinajstić information content (AvgIpc) is 2.37. The smallest absolute Gasteiger partial charge is 0.420 e. The van der Waals surface area contributed by atoms with Crippen LogP contribution in [0.3, 0.4) is 0 Å². The second-order valence-electron chi connectivity index (χ2n) is 2.97. The number of carbonyl (C=O) groups excluding carboxylic acids is 1. The molecule has 0 aromatic carbocycles. The molecule has 0 radical (unpaired) electrons. The molecule has 0 aliphatic heterocycles. The molecule has 0 aliphatic rings. The molecular weight excluding hydrogens is 283 g/mol. The van der Waals surface area contributed by atoms with E-state index in [1.54, 1.807) is 6.26 Å². The quantitative estimate of drug-likeness (QED) is 0.545. The lowest BCUT2D eigenvalue weighted by Gasteiger charge is -2.21. The van der Waals surface area contributed by atoms with Crippen LogP contribution in [0.1, 0.15) is 19.8 Å². The fraction of sp³-hybridized carbons (Fsp3) is 0.875. The Morgan fingerprint density at radius 2 is 2.12 bits per heavy atom. The van der Waals surface area contributed by atoms with Crippen LogP contribution in [0.2, 0.25) is 0 Å². The highest BCUT2D eigenvalue weighted by atomic mass is 32.7. The maximum atomic E-state index is 11.9. The van der Waals surface area contributed by atoms with Crippen LogP contribution < -0.4 is 4.49 Å². The first-order chi connectivity index (χ1) is 8.02. The molecule has 0 aromatic rings. The number of ether oxygens (including phenoxy) is 1. The molecule has 1 N–H and O–H groups in total. The van der Waals surface area contributed by atoms with Crippen LogP contribution >= 0.6 is 30.2 Å². The van der Waals surface area contributed by atoms with Crippen molar-refractivity contribution < 1.29 is 18.6 Å². The molecule has 0 spiro atoms. The summed E-state index contributed by atoms with van der Waals surface area (Å²) in [6.45, 7) is -0.387. The van der Waals surface area contributed by atoms with Gasteiger partial charge in [0.15, 0.2) is 0 Å². The van der Waals surface area contributed by atoms with Crippen molar-refractivity contribution in [2.75, 3.05) is 27.0 Å². The monoisotopic (exact) mass is 302 g/mol. The number of nitrogens with one attached hydrogen (secondary N) is 1. The average molecular weight is 302 g/mol. The Bertz CT molecular complexity index is 272. The van der Waals surface area contributed by atoms with E-state index in [0.29, 0.717) is 6.54 Å². The fourth-order valence-corrected chi connectivity index (χ4v) is 4.15. The van der Waals surface area contributed by atoms with Gasteiger partial charge >= 0.3 is 12.8 Å². The summed E-state index contributed by atoms with van der Waals surface area (Å²) < 4.78 is 25.4. The van der Waals surface area contributed by atoms with Gasteiger partial charge in [0.05, 0.1) is 19.2 Å². The van der Waals surface area contributed by atoms with Crippen LogP contribution in [0.4, 0.5) is 4.79 Å². The molecule has 0 saturated carbocycles. The number of hydrogen-bond acceptors (Lipinski definition) is 6. The van der Waals surface area contributed by atoms with Crippen molar-refractivity contribution in [3.05, 3.63) is 0 Å². The minimum absolute atomic E-state index is 0.472. The van der Waals surface area contributed by atoms with E-state index in [4.69, 9.17) is 4.52 Å². The molecule has 17 heavy (non-hydrogen) atoms. The van der Waals surface area contributed by atoms with Crippen LogP contribution in [0.25, 0.3) is 0 Å². The number of carbonyl (C=O) groups is 1. The maximum absolute atomic E-state index is 11.9. The summed E-state index contributed by atoms with van der Waals surface area (Å²) in [6.07, 6.45) is 3.00. The first-order valence-corrected chi connectivity index (χ1v) is 9.27. The summed E-state index contributed by atoms with van der Waals surface area (Å²) >= 11 is 2.03. The first kappa shape index (κ1) is 17.1. The Balaban J connectivity index is 4.33. The molecule has 1 amide bonds. The van der Waals surface area contributed by atoms with Gasteiger partial charge in [-0.3, -0.25) is 4.57 Å². The maximum Gasteiger partial charge on any atom is 0.420 e. The van der Waals surface area contributed by atoms with Crippen LogP contribution in [0.15, 0.2) is 0 Å². The highest BCUT2D eigenvalue weighted by Gasteiger charge is 2.23. The van der Waals surface area contributed by atoms with E-state index in [-0.39, 0.29) is 0 Å². The van der Waals surface area contributed by atoms with Gasteiger partial charge in [0.25, 0.3) is 0 Å². The van der Waals surface area contributed by atoms with E-state index in [9.17, 15) is 9.36 Å². The van der Waals surface area contributed by atoms with Gasteiger partial charge in [-0.2, -0.15) is 4.49 Å². The Morgan fingerprint density at radius 1 is 1.47 bits per heavy atom. The molecule has 0 aliphatic carbocycles. The topological polar surface area (TPSA) is 67.9 Å². The SMILES string of the molecule is CCCCN(SNP(=O)(OC)SC)C(=O)OC. The third-order valence-corrected chi connectivity index (χ3v) is 7.13. The minimum atomic E-state index is -2.94. The largest absolute Gasteiger partial charge is 0.452 e. The Kier molecular flexibility index (Phi) is 9.17. The van der Waals surface area contributed by atoms with Crippen LogP contribution in [0, 0.1) is 0 Å². The lowest BCUT2D eigenvalue weighted by atomic mass is 10.3. The highest BCUT2D eigenvalue weighted by Crippen LogP contribution is 2.55. The second kappa shape index (κ2) is 9.10. The number of amides is 1. The summed E-state index contributed by atoms with van der Waals surface area (Å²) in [4.78, 5) is 11.4. The Labute approximate surface area is 111 Å². The molecule has 0 aromatic heterocycles. The van der Waals surface area contributed by atoms with E-state index in [2.05, 4.69) is 9.23 Å². The van der Waals surface area contributed by atoms with Crippen molar-refractivity contribution >= 4 is 36.3 Å². The molecule has 0 fully saturated rings. The van der Waals surface area contributed by atoms with E-state index in [1.807, 2.05) is 6.92 Å². The second-order valence-corrected chi connectivity index (χ2v) is 8.59. The lowest BCUT2D eigenvalue weighted by Crippen LogP contribution is -2.28. The normalized spacial score (nSPS) is 14.1. The van der Waals surface area contributed by atoms with Crippen molar-refractivity contribution in [2.24, 2.45) is 0 Å². The van der Waals surface area contributed by atoms with Gasteiger partial charge in [-0.1, -0.05) is 24.7 Å². The van der Waals surface area contributed by atoms with E-state index in [1.165, 1.54) is 18.5 Å². The molecule has 6 nitrogen and oxygen atoms in total. The van der Waals surface area contributed by atoms with Crippen molar-refractivity contribution in [3.63, 3.8) is 0 Å². The first-order valence-electron chi connectivity index (χ1n) is 5.04. The van der Waals surface area contributed by atoms with Gasteiger partial charge < -0.3 is 9.26 Å². The lowest BCUT2D eigenvalue weighted by molar-refractivity contribution is 0.151. The standard InChI is InChI=1S/C8H19N2O4PS2/c1-5-6-7-10(8(11)13-2)17-9-15(12,14-3)16-4/h5-7H2,1-4H3,(H,9,12). The third kappa shape index (κ3) is 6.57. The van der Waals surface area contributed by atoms with Gasteiger partial charge in [-0.25, -0.2) is 9.10 Å². The van der Waals surface area contributed by atoms with Gasteiger partial charge in [0.1, 0.15) is 0 Å². The number of methoxy groups -OCH3 is 1. The van der Waals surface area contributed by atoms with Gasteiger partial charge in [0, 0.05) is 13.7 Å². The summed E-state index contributed by atoms with van der Waals surface area (Å²) in [5, 5.41) is 0. The van der Waals surface area contributed by atoms with Crippen LogP contribution in [-0.4, -0.2) is 37.4 Å². The fourth-order valence-electron chi connectivity index (χ4n) is 0.826. The predicted molar refractivity (Wildman–Crippen MR) is 72.9 cm³/mol. The molecule has 9 heteroatoms. The number of rotatable bonds is 8. The summed E-state index contributed by atoms with van der Waals surface area (Å²) in [6, 6.07) is 0. The molecule has 0 bridgehead atoms. The molecule has 0 heterocycles. The molecule has 0 saturated heterocycles.